The number of benzene rings is 1. The minimum absolute atomic E-state index is 0.0512. The van der Waals surface area contributed by atoms with E-state index in [9.17, 15) is 9.59 Å². The summed E-state index contributed by atoms with van der Waals surface area (Å²) in [5.74, 6) is 1.88. The van der Waals surface area contributed by atoms with Gasteiger partial charge in [-0.3, -0.25) is 9.59 Å². The van der Waals surface area contributed by atoms with Crippen LogP contribution >= 0.6 is 0 Å². The van der Waals surface area contributed by atoms with Crippen molar-refractivity contribution in [1.29, 1.82) is 0 Å². The Hall–Kier alpha value is -2.83. The van der Waals surface area contributed by atoms with Gasteiger partial charge < -0.3 is 19.5 Å². The van der Waals surface area contributed by atoms with E-state index in [2.05, 4.69) is 10.5 Å². The number of hydrogen-bond donors (Lipinski definition) is 1. The van der Waals surface area contributed by atoms with E-state index < -0.39 is 5.54 Å². The van der Waals surface area contributed by atoms with Crippen molar-refractivity contribution in [3.63, 3.8) is 0 Å². The third kappa shape index (κ3) is 3.18. The number of carbonyl (C=O) groups excluding carboxylic acids is 2. The molecule has 1 aliphatic carbocycles. The molecule has 7 nitrogen and oxygen atoms in total. The summed E-state index contributed by atoms with van der Waals surface area (Å²) < 4.78 is 10.7. The first kappa shape index (κ1) is 18.2. The number of nitrogens with zero attached hydrogens (tertiary/aromatic N) is 2. The van der Waals surface area contributed by atoms with Crippen LogP contribution in [0.15, 0.2) is 34.9 Å². The quantitative estimate of drug-likeness (QED) is 0.859. The van der Waals surface area contributed by atoms with E-state index in [0.29, 0.717) is 24.6 Å². The summed E-state index contributed by atoms with van der Waals surface area (Å²) in [5.41, 5.74) is 0.904. The normalized spacial score (nSPS) is 26.6. The summed E-state index contributed by atoms with van der Waals surface area (Å²) >= 11 is 0. The van der Waals surface area contributed by atoms with Crippen molar-refractivity contribution < 1.29 is 18.8 Å². The molecule has 2 saturated heterocycles. The first-order valence-corrected chi connectivity index (χ1v) is 10.3. The number of methoxy groups -OCH3 is 1. The molecule has 3 aliphatic rings. The first-order valence-electron chi connectivity index (χ1n) is 10.3. The van der Waals surface area contributed by atoms with Gasteiger partial charge in [-0.2, -0.15) is 0 Å². The molecule has 2 aromatic rings. The molecule has 0 radical (unpaired) electrons. The molecule has 1 aromatic carbocycles. The van der Waals surface area contributed by atoms with E-state index in [0.717, 1.165) is 49.2 Å². The topological polar surface area (TPSA) is 84.7 Å². The summed E-state index contributed by atoms with van der Waals surface area (Å²) in [6.45, 7) is 0.624. The van der Waals surface area contributed by atoms with Gasteiger partial charge in [-0.05, 0) is 49.8 Å². The molecule has 2 aliphatic heterocycles. The maximum Gasteiger partial charge on any atom is 0.276 e. The van der Waals surface area contributed by atoms with Crippen LogP contribution in [0.3, 0.4) is 0 Å². The molecule has 3 fully saturated rings. The standard InChI is InChI=1S/C22H25N3O4/c1-28-16-7-5-15(6-8-16)20-22(11-9-19(26)23-22)10-2-12-25(20)21(27)17-13-18(29-24-17)14-3-4-14/h5-8,13-14,20H,2-4,9-12H2,1H3,(H,23,26)/t20-,22+/m1/s1. The molecule has 3 heterocycles. The predicted molar refractivity (Wildman–Crippen MR) is 105 cm³/mol. The van der Waals surface area contributed by atoms with Gasteiger partial charge >= 0.3 is 0 Å². The van der Waals surface area contributed by atoms with Gasteiger partial charge in [-0.15, -0.1) is 0 Å². The van der Waals surface area contributed by atoms with Gasteiger partial charge in [0, 0.05) is 24.9 Å². The molecule has 1 saturated carbocycles. The molecule has 1 spiro atoms. The van der Waals surface area contributed by atoms with E-state index in [1.165, 1.54) is 0 Å². The second-order valence-corrected chi connectivity index (χ2v) is 8.37. The smallest absolute Gasteiger partial charge is 0.276 e. The monoisotopic (exact) mass is 395 g/mol. The minimum Gasteiger partial charge on any atom is -0.497 e. The van der Waals surface area contributed by atoms with Gasteiger partial charge in [0.25, 0.3) is 5.91 Å². The number of carbonyl (C=O) groups is 2. The fourth-order valence-corrected chi connectivity index (χ4v) is 4.86. The summed E-state index contributed by atoms with van der Waals surface area (Å²) in [5, 5.41) is 7.27. The minimum atomic E-state index is -0.442. The zero-order valence-corrected chi connectivity index (χ0v) is 16.5. The van der Waals surface area contributed by atoms with Crippen LogP contribution in [0.1, 0.15) is 72.3 Å². The van der Waals surface area contributed by atoms with Crippen LogP contribution in [0.5, 0.6) is 5.75 Å². The molecule has 0 bridgehead atoms. The average Bonchev–Trinajstić information content (AvgIpc) is 3.36. The fourth-order valence-electron chi connectivity index (χ4n) is 4.86. The largest absolute Gasteiger partial charge is 0.497 e. The second-order valence-electron chi connectivity index (χ2n) is 8.37. The van der Waals surface area contributed by atoms with Crippen LogP contribution < -0.4 is 10.1 Å². The highest BCUT2D eigenvalue weighted by molar-refractivity contribution is 5.93. The van der Waals surface area contributed by atoms with E-state index in [-0.39, 0.29) is 17.9 Å². The Balaban J connectivity index is 1.52. The van der Waals surface area contributed by atoms with Gasteiger partial charge in [0.1, 0.15) is 11.5 Å². The van der Waals surface area contributed by atoms with Crippen molar-refractivity contribution in [3.05, 3.63) is 47.3 Å². The molecule has 152 valence electrons. The van der Waals surface area contributed by atoms with Crippen LogP contribution in [0, 0.1) is 0 Å². The van der Waals surface area contributed by atoms with Crippen LogP contribution in [-0.2, 0) is 4.79 Å². The summed E-state index contributed by atoms with van der Waals surface area (Å²) in [6, 6.07) is 9.32. The van der Waals surface area contributed by atoms with Crippen LogP contribution in [-0.4, -0.2) is 41.1 Å². The van der Waals surface area contributed by atoms with Crippen molar-refractivity contribution in [2.24, 2.45) is 0 Å². The third-order valence-electron chi connectivity index (χ3n) is 6.46. The molecule has 7 heteroatoms. The highest BCUT2D eigenvalue weighted by Crippen LogP contribution is 2.46. The lowest BCUT2D eigenvalue weighted by Gasteiger charge is -2.48. The van der Waals surface area contributed by atoms with Crippen molar-refractivity contribution in [3.8, 4) is 5.75 Å². The average molecular weight is 395 g/mol. The summed E-state index contributed by atoms with van der Waals surface area (Å²) in [7, 11) is 1.63. The Kier molecular flexibility index (Phi) is 4.33. The van der Waals surface area contributed by atoms with Crippen molar-refractivity contribution in [2.45, 2.75) is 56.0 Å². The number of rotatable bonds is 4. The molecule has 5 rings (SSSR count). The first-order chi connectivity index (χ1) is 14.1. The Morgan fingerprint density at radius 3 is 2.72 bits per heavy atom. The summed E-state index contributed by atoms with van der Waals surface area (Å²) in [4.78, 5) is 27.5. The number of hydrogen-bond acceptors (Lipinski definition) is 5. The van der Waals surface area contributed by atoms with E-state index >= 15 is 0 Å². The van der Waals surface area contributed by atoms with Crippen molar-refractivity contribution in [1.82, 2.24) is 15.4 Å². The number of amides is 2. The second kappa shape index (κ2) is 6.90. The molecule has 2 amide bonds. The Morgan fingerprint density at radius 1 is 1.28 bits per heavy atom. The Labute approximate surface area is 169 Å². The summed E-state index contributed by atoms with van der Waals surface area (Å²) in [6.07, 6.45) is 5.09. The van der Waals surface area contributed by atoms with Crippen LogP contribution in [0.4, 0.5) is 0 Å². The lowest BCUT2D eigenvalue weighted by molar-refractivity contribution is -0.120. The molecule has 1 N–H and O–H groups in total. The van der Waals surface area contributed by atoms with E-state index in [4.69, 9.17) is 9.26 Å². The lowest BCUT2D eigenvalue weighted by Crippen LogP contribution is -2.58. The van der Waals surface area contributed by atoms with Crippen molar-refractivity contribution in [2.75, 3.05) is 13.7 Å². The maximum absolute atomic E-state index is 13.5. The van der Waals surface area contributed by atoms with Crippen LogP contribution in [0.2, 0.25) is 0 Å². The zero-order valence-electron chi connectivity index (χ0n) is 16.5. The van der Waals surface area contributed by atoms with Crippen molar-refractivity contribution >= 4 is 11.8 Å². The number of ether oxygens (including phenoxy) is 1. The Morgan fingerprint density at radius 2 is 2.07 bits per heavy atom. The number of aromatic nitrogens is 1. The van der Waals surface area contributed by atoms with Gasteiger partial charge in [-0.25, -0.2) is 0 Å². The van der Waals surface area contributed by atoms with E-state index in [1.807, 2.05) is 29.2 Å². The Bertz CT molecular complexity index is 934. The molecular weight excluding hydrogens is 370 g/mol. The third-order valence-corrected chi connectivity index (χ3v) is 6.46. The number of likely N-dealkylation sites (tertiary alicyclic amines) is 1. The lowest BCUT2D eigenvalue weighted by atomic mass is 9.76. The molecule has 2 atom stereocenters. The maximum atomic E-state index is 13.5. The van der Waals surface area contributed by atoms with Crippen LogP contribution in [0.25, 0.3) is 0 Å². The number of nitrogens with one attached hydrogen (secondary N) is 1. The molecule has 0 unspecified atom stereocenters. The number of piperidine rings is 1. The SMILES string of the molecule is COc1ccc([C@H]2N(C(=O)c3cc(C4CC4)on3)CCC[C@]23CCC(=O)N3)cc1. The molecular formula is C22H25N3O4. The highest BCUT2D eigenvalue weighted by Gasteiger charge is 2.51. The van der Waals surface area contributed by atoms with E-state index in [1.54, 1.807) is 13.2 Å². The van der Waals surface area contributed by atoms with Gasteiger partial charge in [0.05, 0.1) is 18.7 Å². The molecule has 29 heavy (non-hydrogen) atoms. The highest BCUT2D eigenvalue weighted by atomic mass is 16.5. The fraction of sp³-hybridized carbons (Fsp3) is 0.500. The zero-order chi connectivity index (χ0) is 20.0. The molecule has 1 aromatic heterocycles. The predicted octanol–water partition coefficient (Wildman–Crippen LogP) is 3.19. The van der Waals surface area contributed by atoms with Gasteiger partial charge in [0.15, 0.2) is 5.69 Å². The van der Waals surface area contributed by atoms with Gasteiger partial charge in [-0.1, -0.05) is 17.3 Å². The van der Waals surface area contributed by atoms with Gasteiger partial charge in [0.2, 0.25) is 5.91 Å².